The summed E-state index contributed by atoms with van der Waals surface area (Å²) in [5.74, 6) is -1.75. The quantitative estimate of drug-likeness (QED) is 0.493. The zero-order valence-corrected chi connectivity index (χ0v) is 15.9. The van der Waals surface area contributed by atoms with Crippen LogP contribution in [0.3, 0.4) is 0 Å². The number of carbonyl (C=O) groups excluding carboxylic acids is 1. The van der Waals surface area contributed by atoms with E-state index in [0.717, 1.165) is 34.4 Å². The lowest BCUT2D eigenvalue weighted by Crippen LogP contribution is -2.30. The van der Waals surface area contributed by atoms with Gasteiger partial charge in [-0.15, -0.1) is 0 Å². The van der Waals surface area contributed by atoms with Gasteiger partial charge in [0.25, 0.3) is 0 Å². The van der Waals surface area contributed by atoms with E-state index in [9.17, 15) is 18.0 Å². The smallest absolute Gasteiger partial charge is 0.347 e. The second-order valence-corrected chi connectivity index (χ2v) is 7.11. The number of fused-ring (bicyclic) bond motifs is 3. The Morgan fingerprint density at radius 3 is 2.79 bits per heavy atom. The number of imidazole rings is 1. The first-order valence-electron chi connectivity index (χ1n) is 9.18. The van der Waals surface area contributed by atoms with Crippen LogP contribution in [0.5, 0.6) is 0 Å². The van der Waals surface area contributed by atoms with Crippen molar-refractivity contribution in [2.24, 2.45) is 18.1 Å². The van der Waals surface area contributed by atoms with Gasteiger partial charge in [0.15, 0.2) is 0 Å². The number of alkyl halides is 3. The fourth-order valence-electron chi connectivity index (χ4n) is 3.95. The maximum atomic E-state index is 12.7. The summed E-state index contributed by atoms with van der Waals surface area (Å²) in [5, 5.41) is 4.62. The molecule has 9 heteroatoms. The van der Waals surface area contributed by atoms with Gasteiger partial charge in [-0.25, -0.2) is 9.78 Å². The van der Waals surface area contributed by atoms with Crippen LogP contribution in [0.2, 0.25) is 0 Å². The van der Waals surface area contributed by atoms with Crippen LogP contribution < -0.4 is 0 Å². The van der Waals surface area contributed by atoms with E-state index in [4.69, 9.17) is 0 Å². The van der Waals surface area contributed by atoms with Crippen molar-refractivity contribution in [1.82, 2.24) is 14.1 Å². The maximum absolute atomic E-state index is 12.7. The highest BCUT2D eigenvalue weighted by atomic mass is 19.4. The third-order valence-electron chi connectivity index (χ3n) is 5.40. The van der Waals surface area contributed by atoms with Crippen LogP contribution in [-0.4, -0.2) is 32.0 Å². The molecule has 1 aromatic carbocycles. The van der Waals surface area contributed by atoms with Crippen LogP contribution in [0, 0.1) is 12.8 Å². The van der Waals surface area contributed by atoms with Gasteiger partial charge < -0.3 is 14.0 Å². The number of oxime groups is 1. The molecule has 1 aliphatic rings. The minimum Gasteiger partial charge on any atom is -0.347 e. The number of nitrogens with zero attached hydrogens (tertiary/aromatic N) is 4. The van der Waals surface area contributed by atoms with Crippen LogP contribution in [-0.2, 0) is 29.6 Å². The van der Waals surface area contributed by atoms with E-state index in [0.29, 0.717) is 18.7 Å². The number of hydrogen-bond acceptors (Lipinski definition) is 4. The van der Waals surface area contributed by atoms with Gasteiger partial charge in [0.2, 0.25) is 0 Å². The molecule has 6 nitrogen and oxygen atoms in total. The first kappa shape index (κ1) is 19.2. The SMILES string of the molecule is Cc1nccn1CC1CCc2c(c3ccccc3n2C)/C1=N/OC(=O)C(F)(F)F. The molecule has 0 amide bonds. The normalized spacial score (nSPS) is 18.2. The topological polar surface area (TPSA) is 61.4 Å². The van der Waals surface area contributed by atoms with Crippen molar-refractivity contribution < 1.29 is 22.8 Å². The molecule has 152 valence electrons. The molecule has 0 bridgehead atoms. The van der Waals surface area contributed by atoms with Gasteiger partial charge >= 0.3 is 12.1 Å². The Kier molecular flexibility index (Phi) is 4.68. The Bertz CT molecular complexity index is 1110. The zero-order valence-electron chi connectivity index (χ0n) is 15.9. The molecule has 0 spiro atoms. The molecule has 29 heavy (non-hydrogen) atoms. The Morgan fingerprint density at radius 1 is 1.34 bits per heavy atom. The van der Waals surface area contributed by atoms with E-state index >= 15 is 0 Å². The van der Waals surface area contributed by atoms with Gasteiger partial charge in [-0.3, -0.25) is 0 Å². The summed E-state index contributed by atoms with van der Waals surface area (Å²) in [6.07, 6.45) is -0.214. The van der Waals surface area contributed by atoms with Crippen molar-refractivity contribution in [2.45, 2.75) is 32.5 Å². The monoisotopic (exact) mass is 404 g/mol. The van der Waals surface area contributed by atoms with Gasteiger partial charge in [-0.05, 0) is 25.8 Å². The fraction of sp³-hybridized carbons (Fsp3) is 0.350. The molecule has 2 aromatic heterocycles. The molecular formula is C20H19F3N4O2. The van der Waals surface area contributed by atoms with Crippen LogP contribution in [0.1, 0.15) is 23.5 Å². The van der Waals surface area contributed by atoms with E-state index in [1.165, 1.54) is 0 Å². The molecule has 0 radical (unpaired) electrons. The molecule has 4 rings (SSSR count). The van der Waals surface area contributed by atoms with Crippen molar-refractivity contribution in [3.8, 4) is 0 Å². The van der Waals surface area contributed by atoms with E-state index in [1.54, 1.807) is 6.20 Å². The summed E-state index contributed by atoms with van der Waals surface area (Å²) in [6, 6.07) is 7.62. The highest BCUT2D eigenvalue weighted by Crippen LogP contribution is 2.35. The van der Waals surface area contributed by atoms with Gasteiger partial charge in [0.1, 0.15) is 5.82 Å². The molecule has 0 saturated carbocycles. The Morgan fingerprint density at radius 2 is 2.10 bits per heavy atom. The van der Waals surface area contributed by atoms with Crippen molar-refractivity contribution in [3.05, 3.63) is 53.7 Å². The second kappa shape index (κ2) is 7.06. The summed E-state index contributed by atoms with van der Waals surface area (Å²) in [7, 11) is 1.92. The Hall–Kier alpha value is -3.10. The van der Waals surface area contributed by atoms with Gasteiger partial charge in [-0.1, -0.05) is 23.4 Å². The standard InChI is InChI=1S/C20H19F3N4O2/c1-12-24-9-10-27(12)11-13-7-8-16-17(14-5-3-4-6-15(14)26(16)2)18(13)25-29-19(28)20(21,22)23/h3-6,9-10,13H,7-8,11H2,1-2H3/b25-18+. The van der Waals surface area contributed by atoms with E-state index in [-0.39, 0.29) is 5.92 Å². The highest BCUT2D eigenvalue weighted by Gasteiger charge is 2.42. The first-order valence-corrected chi connectivity index (χ1v) is 9.18. The number of carbonyl (C=O) groups is 1. The number of aryl methyl sites for hydroxylation is 2. The fourth-order valence-corrected chi connectivity index (χ4v) is 3.95. The summed E-state index contributed by atoms with van der Waals surface area (Å²) >= 11 is 0. The number of rotatable bonds is 3. The molecule has 1 aliphatic carbocycles. The number of benzene rings is 1. The van der Waals surface area contributed by atoms with E-state index in [1.807, 2.05) is 53.6 Å². The highest BCUT2D eigenvalue weighted by molar-refractivity contribution is 6.14. The largest absolute Gasteiger partial charge is 0.493 e. The van der Waals surface area contributed by atoms with E-state index in [2.05, 4.69) is 15.0 Å². The minimum absolute atomic E-state index is 0.220. The molecule has 1 unspecified atom stereocenters. The summed E-state index contributed by atoms with van der Waals surface area (Å²) in [5.41, 5.74) is 3.01. The second-order valence-electron chi connectivity index (χ2n) is 7.11. The van der Waals surface area contributed by atoms with Gasteiger partial charge in [0, 0.05) is 54.1 Å². The molecule has 0 saturated heterocycles. The average Bonchev–Trinajstić information content (AvgIpc) is 3.21. The van der Waals surface area contributed by atoms with Crippen molar-refractivity contribution in [2.75, 3.05) is 0 Å². The van der Waals surface area contributed by atoms with Crippen molar-refractivity contribution >= 4 is 22.6 Å². The number of halogens is 3. The molecular weight excluding hydrogens is 385 g/mol. The van der Waals surface area contributed by atoms with Crippen molar-refractivity contribution in [3.63, 3.8) is 0 Å². The average molecular weight is 404 g/mol. The van der Waals surface area contributed by atoms with Gasteiger partial charge in [0.05, 0.1) is 5.71 Å². The lowest BCUT2D eigenvalue weighted by Gasteiger charge is -2.25. The first-order chi connectivity index (χ1) is 13.8. The molecule has 0 N–H and O–H groups in total. The molecule has 2 heterocycles. The predicted molar refractivity (Wildman–Crippen MR) is 100 cm³/mol. The third kappa shape index (κ3) is 3.41. The zero-order chi connectivity index (χ0) is 20.8. The van der Waals surface area contributed by atoms with Crippen LogP contribution in [0.15, 0.2) is 41.8 Å². The molecule has 1 atom stereocenters. The number of hydrogen-bond donors (Lipinski definition) is 0. The molecule has 0 fully saturated rings. The summed E-state index contributed by atoms with van der Waals surface area (Å²) in [4.78, 5) is 19.8. The minimum atomic E-state index is -5.10. The van der Waals surface area contributed by atoms with Crippen LogP contribution >= 0.6 is 0 Å². The summed E-state index contributed by atoms with van der Waals surface area (Å²) in [6.45, 7) is 2.34. The molecule has 3 aromatic rings. The summed E-state index contributed by atoms with van der Waals surface area (Å²) < 4.78 is 41.9. The Labute approximate surface area is 164 Å². The van der Waals surface area contributed by atoms with E-state index < -0.39 is 12.1 Å². The Balaban J connectivity index is 1.81. The van der Waals surface area contributed by atoms with Crippen LogP contribution in [0.25, 0.3) is 10.9 Å². The number of aromatic nitrogens is 3. The third-order valence-corrected chi connectivity index (χ3v) is 5.40. The molecule has 0 aliphatic heterocycles. The van der Waals surface area contributed by atoms with Crippen molar-refractivity contribution in [1.29, 1.82) is 0 Å². The lowest BCUT2D eigenvalue weighted by atomic mass is 9.84. The number of para-hydroxylation sites is 1. The van der Waals surface area contributed by atoms with Crippen LogP contribution in [0.4, 0.5) is 13.2 Å². The predicted octanol–water partition coefficient (Wildman–Crippen LogP) is 3.76. The maximum Gasteiger partial charge on any atom is 0.493 e. The lowest BCUT2D eigenvalue weighted by molar-refractivity contribution is -0.199. The van der Waals surface area contributed by atoms with Gasteiger partial charge in [-0.2, -0.15) is 13.2 Å².